The number of aliphatic hydroxyl groups is 1. The molecule has 2 atom stereocenters. The summed E-state index contributed by atoms with van der Waals surface area (Å²) in [6.07, 6.45) is -0.336. The van der Waals surface area contributed by atoms with E-state index in [2.05, 4.69) is 0 Å². The maximum absolute atomic E-state index is 11.8. The molecule has 0 heterocycles. The van der Waals surface area contributed by atoms with Crippen LogP contribution in [0.15, 0.2) is 24.3 Å². The molecule has 1 rings (SSSR count). The second kappa shape index (κ2) is 7.92. The lowest BCUT2D eigenvalue weighted by Crippen LogP contribution is -2.24. The average molecular weight is 266 g/mol. The Kier molecular flexibility index (Phi) is 6.53. The Morgan fingerprint density at radius 3 is 2.58 bits per heavy atom. The van der Waals surface area contributed by atoms with Gasteiger partial charge in [0, 0.05) is 7.11 Å². The lowest BCUT2D eigenvalue weighted by molar-refractivity contribution is -0.152. The highest BCUT2D eigenvalue weighted by Gasteiger charge is 2.28. The summed E-state index contributed by atoms with van der Waals surface area (Å²) >= 11 is 0. The number of ether oxygens (including phenoxy) is 2. The summed E-state index contributed by atoms with van der Waals surface area (Å²) in [4.78, 5) is 11.8. The number of carbonyl (C=O) groups is 1. The molecule has 0 aliphatic rings. The van der Waals surface area contributed by atoms with Crippen molar-refractivity contribution in [3.05, 3.63) is 35.4 Å². The maximum atomic E-state index is 11.8. The van der Waals surface area contributed by atoms with Gasteiger partial charge in [0.15, 0.2) is 0 Å². The van der Waals surface area contributed by atoms with E-state index in [1.54, 1.807) is 14.0 Å². The van der Waals surface area contributed by atoms with Gasteiger partial charge in [-0.05, 0) is 24.5 Å². The Balaban J connectivity index is 2.96. The molecule has 0 amide bonds. The first-order chi connectivity index (χ1) is 9.15. The fourth-order valence-corrected chi connectivity index (χ4v) is 2.09. The van der Waals surface area contributed by atoms with E-state index in [1.165, 1.54) is 0 Å². The van der Waals surface area contributed by atoms with Crippen molar-refractivity contribution in [1.29, 1.82) is 0 Å². The zero-order valence-electron chi connectivity index (χ0n) is 11.8. The third-order valence-electron chi connectivity index (χ3n) is 3.08. The number of esters is 1. The van der Waals surface area contributed by atoms with Crippen LogP contribution in [0.4, 0.5) is 0 Å². The van der Waals surface area contributed by atoms with Crippen molar-refractivity contribution in [3.8, 4) is 0 Å². The number of rotatable bonds is 7. The summed E-state index contributed by atoms with van der Waals surface area (Å²) in [6, 6.07) is 7.44. The van der Waals surface area contributed by atoms with E-state index in [9.17, 15) is 9.90 Å². The van der Waals surface area contributed by atoms with Gasteiger partial charge in [0.25, 0.3) is 0 Å². The van der Waals surface area contributed by atoms with Crippen LogP contribution >= 0.6 is 0 Å². The van der Waals surface area contributed by atoms with E-state index in [4.69, 9.17) is 9.47 Å². The summed E-state index contributed by atoms with van der Waals surface area (Å²) in [5, 5.41) is 10.4. The molecule has 0 fully saturated rings. The van der Waals surface area contributed by atoms with E-state index in [-0.39, 0.29) is 5.97 Å². The van der Waals surface area contributed by atoms with Gasteiger partial charge in [0.05, 0.1) is 25.2 Å². The van der Waals surface area contributed by atoms with Crippen LogP contribution in [0.5, 0.6) is 0 Å². The number of benzene rings is 1. The molecule has 0 aliphatic carbocycles. The second-order valence-corrected chi connectivity index (χ2v) is 4.34. The fraction of sp³-hybridized carbons (Fsp3) is 0.533. The van der Waals surface area contributed by atoms with E-state index in [0.717, 1.165) is 11.1 Å². The van der Waals surface area contributed by atoms with Crippen LogP contribution in [0.1, 0.15) is 37.5 Å². The number of methoxy groups -OCH3 is 1. The van der Waals surface area contributed by atoms with Crippen LogP contribution in [0.25, 0.3) is 0 Å². The minimum atomic E-state index is -0.865. The van der Waals surface area contributed by atoms with E-state index in [1.807, 2.05) is 31.2 Å². The highest BCUT2D eigenvalue weighted by Crippen LogP contribution is 2.28. The van der Waals surface area contributed by atoms with Crippen molar-refractivity contribution in [2.45, 2.75) is 33.0 Å². The van der Waals surface area contributed by atoms with Gasteiger partial charge in [-0.25, -0.2) is 0 Å². The van der Waals surface area contributed by atoms with Crippen molar-refractivity contribution < 1.29 is 19.4 Å². The molecule has 1 aromatic carbocycles. The topological polar surface area (TPSA) is 55.8 Å². The predicted octanol–water partition coefficient (Wildman–Crippen LogP) is 2.46. The quantitative estimate of drug-likeness (QED) is 0.770. The summed E-state index contributed by atoms with van der Waals surface area (Å²) in [5.41, 5.74) is 1.62. The van der Waals surface area contributed by atoms with Crippen molar-refractivity contribution in [2.75, 3.05) is 13.7 Å². The molecule has 0 aromatic heterocycles. The zero-order chi connectivity index (χ0) is 14.3. The van der Waals surface area contributed by atoms with E-state index < -0.39 is 12.0 Å². The van der Waals surface area contributed by atoms with Crippen molar-refractivity contribution >= 4 is 5.97 Å². The molecule has 0 bridgehead atoms. The van der Waals surface area contributed by atoms with Crippen LogP contribution in [0.3, 0.4) is 0 Å². The lowest BCUT2D eigenvalue weighted by atomic mass is 9.91. The van der Waals surface area contributed by atoms with Crippen LogP contribution < -0.4 is 0 Å². The van der Waals surface area contributed by atoms with Crippen molar-refractivity contribution in [3.63, 3.8) is 0 Å². The number of carbonyl (C=O) groups excluding carboxylic acids is 1. The molecule has 1 aromatic rings. The monoisotopic (exact) mass is 266 g/mol. The molecule has 106 valence electrons. The third-order valence-corrected chi connectivity index (χ3v) is 3.08. The first-order valence-corrected chi connectivity index (χ1v) is 6.57. The molecule has 2 unspecified atom stereocenters. The van der Waals surface area contributed by atoms with Crippen LogP contribution in [0, 0.1) is 5.92 Å². The standard InChI is InChI=1S/C15H22O4/c1-4-12(15(17)19-5-2)14(16)13-9-7-6-8-11(13)10-18-3/h6-9,12,14,16H,4-5,10H2,1-3H3. The average Bonchev–Trinajstić information content (AvgIpc) is 2.40. The molecular weight excluding hydrogens is 244 g/mol. The van der Waals surface area contributed by atoms with Gasteiger partial charge in [-0.15, -0.1) is 0 Å². The summed E-state index contributed by atoms with van der Waals surface area (Å²) in [7, 11) is 1.60. The van der Waals surface area contributed by atoms with Gasteiger partial charge in [-0.2, -0.15) is 0 Å². The Morgan fingerprint density at radius 2 is 2.00 bits per heavy atom. The molecular formula is C15H22O4. The molecule has 0 saturated carbocycles. The fourth-order valence-electron chi connectivity index (χ4n) is 2.09. The van der Waals surface area contributed by atoms with Gasteiger partial charge < -0.3 is 14.6 Å². The van der Waals surface area contributed by atoms with Crippen molar-refractivity contribution in [1.82, 2.24) is 0 Å². The normalized spacial score (nSPS) is 13.9. The van der Waals surface area contributed by atoms with Crippen LogP contribution in [-0.4, -0.2) is 24.8 Å². The maximum Gasteiger partial charge on any atom is 0.311 e. The largest absolute Gasteiger partial charge is 0.466 e. The Morgan fingerprint density at radius 1 is 1.32 bits per heavy atom. The van der Waals surface area contributed by atoms with Gasteiger partial charge in [0.2, 0.25) is 0 Å². The highest BCUT2D eigenvalue weighted by atomic mass is 16.5. The minimum Gasteiger partial charge on any atom is -0.466 e. The lowest BCUT2D eigenvalue weighted by Gasteiger charge is -2.22. The Labute approximate surface area is 114 Å². The third kappa shape index (κ3) is 4.04. The van der Waals surface area contributed by atoms with Gasteiger partial charge in [-0.1, -0.05) is 31.2 Å². The van der Waals surface area contributed by atoms with Gasteiger partial charge in [0.1, 0.15) is 0 Å². The first-order valence-electron chi connectivity index (χ1n) is 6.57. The molecule has 0 radical (unpaired) electrons. The molecule has 0 aliphatic heterocycles. The van der Waals surface area contributed by atoms with E-state index >= 15 is 0 Å². The number of hydrogen-bond acceptors (Lipinski definition) is 4. The molecule has 4 heteroatoms. The smallest absolute Gasteiger partial charge is 0.311 e. The minimum absolute atomic E-state index is 0.321. The number of aliphatic hydroxyl groups excluding tert-OH is 1. The van der Waals surface area contributed by atoms with E-state index in [0.29, 0.717) is 19.6 Å². The summed E-state index contributed by atoms with van der Waals surface area (Å²) in [5.74, 6) is -0.900. The predicted molar refractivity (Wildman–Crippen MR) is 72.5 cm³/mol. The summed E-state index contributed by atoms with van der Waals surface area (Å²) < 4.78 is 10.1. The Bertz CT molecular complexity index is 403. The van der Waals surface area contributed by atoms with Crippen LogP contribution in [0.2, 0.25) is 0 Å². The highest BCUT2D eigenvalue weighted by molar-refractivity contribution is 5.73. The molecule has 4 nitrogen and oxygen atoms in total. The first kappa shape index (κ1) is 15.7. The Hall–Kier alpha value is -1.39. The van der Waals surface area contributed by atoms with Gasteiger partial charge in [-0.3, -0.25) is 4.79 Å². The molecule has 0 spiro atoms. The zero-order valence-corrected chi connectivity index (χ0v) is 11.8. The van der Waals surface area contributed by atoms with Crippen LogP contribution in [-0.2, 0) is 20.9 Å². The molecule has 1 N–H and O–H groups in total. The summed E-state index contributed by atoms with van der Waals surface area (Å²) in [6.45, 7) is 4.36. The molecule has 0 saturated heterocycles. The SMILES string of the molecule is CCOC(=O)C(CC)C(O)c1ccccc1COC. The number of hydrogen-bond donors (Lipinski definition) is 1. The molecule has 19 heavy (non-hydrogen) atoms. The second-order valence-electron chi connectivity index (χ2n) is 4.34. The van der Waals surface area contributed by atoms with Crippen molar-refractivity contribution in [2.24, 2.45) is 5.92 Å². The van der Waals surface area contributed by atoms with Gasteiger partial charge >= 0.3 is 5.97 Å².